The first-order chi connectivity index (χ1) is 15.2. The molecule has 2 nitrogen and oxygen atoms in total. The summed E-state index contributed by atoms with van der Waals surface area (Å²) in [5.74, 6) is 0. The Balaban J connectivity index is 1.63. The van der Waals surface area contributed by atoms with E-state index in [0.717, 1.165) is 5.69 Å². The number of hydrogen-bond acceptors (Lipinski definition) is 2. The van der Waals surface area contributed by atoms with Crippen molar-refractivity contribution in [2.75, 3.05) is 0 Å². The molecule has 4 aromatic rings. The van der Waals surface area contributed by atoms with Crippen molar-refractivity contribution >= 4 is 0 Å². The van der Waals surface area contributed by atoms with Crippen LogP contribution in [0.25, 0.3) is 33.5 Å². The van der Waals surface area contributed by atoms with Crippen molar-refractivity contribution in [1.29, 1.82) is 0 Å². The highest BCUT2D eigenvalue weighted by molar-refractivity contribution is 5.92. The van der Waals surface area contributed by atoms with Crippen LogP contribution in [-0.4, -0.2) is 9.97 Å². The molecule has 0 saturated heterocycles. The summed E-state index contributed by atoms with van der Waals surface area (Å²) in [5, 5.41) is 0. The summed E-state index contributed by atoms with van der Waals surface area (Å²) in [4.78, 5) is 8.60. The fourth-order valence-electron chi connectivity index (χ4n) is 6.13. The van der Waals surface area contributed by atoms with Gasteiger partial charge in [-0.1, -0.05) is 45.9 Å². The Morgan fingerprint density at radius 2 is 1.31 bits per heavy atom. The highest BCUT2D eigenvalue weighted by Crippen LogP contribution is 2.57. The first-order valence-corrected chi connectivity index (χ1v) is 11.4. The molecule has 0 aliphatic heterocycles. The zero-order chi connectivity index (χ0) is 22.4. The molecule has 32 heavy (non-hydrogen) atoms. The van der Waals surface area contributed by atoms with E-state index in [2.05, 4.69) is 94.0 Å². The van der Waals surface area contributed by atoms with Gasteiger partial charge in [0.05, 0.1) is 5.69 Å². The van der Waals surface area contributed by atoms with E-state index in [1.54, 1.807) is 6.33 Å². The van der Waals surface area contributed by atoms with Crippen molar-refractivity contribution in [2.24, 2.45) is 0 Å². The van der Waals surface area contributed by atoms with Gasteiger partial charge in [-0.25, -0.2) is 9.97 Å². The van der Waals surface area contributed by atoms with E-state index >= 15 is 0 Å². The van der Waals surface area contributed by atoms with E-state index in [-0.39, 0.29) is 10.8 Å². The molecular formula is C30H28N2. The number of hydrogen-bond donors (Lipinski definition) is 0. The van der Waals surface area contributed by atoms with E-state index < -0.39 is 0 Å². The average Bonchev–Trinajstić information content (AvgIpc) is 3.14. The largest absolute Gasteiger partial charge is 0.245 e. The SMILES string of the molecule is Cc1cccc2c1-c1cc3c(cc1C2(C)C)-c1c(C)cc(-c2ccncn2)cc1C3(C)C. The lowest BCUT2D eigenvalue weighted by Gasteiger charge is -2.24. The zero-order valence-electron chi connectivity index (χ0n) is 19.7. The summed E-state index contributed by atoms with van der Waals surface area (Å²) in [6.45, 7) is 14.0. The lowest BCUT2D eigenvalue weighted by molar-refractivity contribution is 0.652. The molecule has 2 aliphatic carbocycles. The fourth-order valence-corrected chi connectivity index (χ4v) is 6.13. The van der Waals surface area contributed by atoms with Crippen molar-refractivity contribution in [3.8, 4) is 33.5 Å². The predicted molar refractivity (Wildman–Crippen MR) is 132 cm³/mol. The maximum Gasteiger partial charge on any atom is 0.116 e. The van der Waals surface area contributed by atoms with Crippen molar-refractivity contribution in [1.82, 2.24) is 9.97 Å². The molecule has 6 rings (SSSR count). The van der Waals surface area contributed by atoms with Crippen LogP contribution >= 0.6 is 0 Å². The molecular weight excluding hydrogens is 388 g/mol. The highest BCUT2D eigenvalue weighted by Gasteiger charge is 2.42. The standard InChI is InChI=1S/C30H28N2/c1-17-8-7-9-22-27(17)20-14-24-21(15-23(20)29(22,3)4)28-18(2)12-19(13-25(28)30(24,5)6)26-10-11-31-16-32-26/h7-16H,1-6H3. The molecule has 0 N–H and O–H groups in total. The first kappa shape index (κ1) is 19.4. The molecule has 0 bridgehead atoms. The lowest BCUT2D eigenvalue weighted by Crippen LogP contribution is -2.17. The third-order valence-electron chi connectivity index (χ3n) is 7.88. The Hall–Kier alpha value is -3.26. The molecule has 0 amide bonds. The predicted octanol–water partition coefficient (Wildman–Crippen LogP) is 7.37. The number of fused-ring (bicyclic) bond motifs is 6. The number of aromatic nitrogens is 2. The zero-order valence-corrected chi connectivity index (χ0v) is 19.7. The first-order valence-electron chi connectivity index (χ1n) is 11.4. The third kappa shape index (κ3) is 2.35. The van der Waals surface area contributed by atoms with Crippen LogP contribution in [0.5, 0.6) is 0 Å². The van der Waals surface area contributed by atoms with Gasteiger partial charge in [-0.15, -0.1) is 0 Å². The number of benzene rings is 3. The Kier molecular flexibility index (Phi) is 3.74. The van der Waals surface area contributed by atoms with Crippen molar-refractivity contribution in [3.05, 3.63) is 94.4 Å². The van der Waals surface area contributed by atoms with Gasteiger partial charge in [-0.3, -0.25) is 0 Å². The van der Waals surface area contributed by atoms with Gasteiger partial charge >= 0.3 is 0 Å². The van der Waals surface area contributed by atoms with Crippen LogP contribution < -0.4 is 0 Å². The maximum absolute atomic E-state index is 4.51. The third-order valence-corrected chi connectivity index (χ3v) is 7.88. The van der Waals surface area contributed by atoms with Crippen LogP contribution in [0, 0.1) is 13.8 Å². The molecule has 0 atom stereocenters. The monoisotopic (exact) mass is 416 g/mol. The van der Waals surface area contributed by atoms with Crippen LogP contribution in [0.4, 0.5) is 0 Å². The minimum Gasteiger partial charge on any atom is -0.245 e. The second kappa shape index (κ2) is 6.16. The molecule has 1 heterocycles. The van der Waals surface area contributed by atoms with Gasteiger partial charge < -0.3 is 0 Å². The molecule has 2 aliphatic rings. The van der Waals surface area contributed by atoms with Gasteiger partial charge in [0.25, 0.3) is 0 Å². The van der Waals surface area contributed by atoms with E-state index in [4.69, 9.17) is 0 Å². The topological polar surface area (TPSA) is 25.8 Å². The molecule has 3 aromatic carbocycles. The average molecular weight is 417 g/mol. The molecule has 158 valence electrons. The van der Waals surface area contributed by atoms with Gasteiger partial charge in [0.2, 0.25) is 0 Å². The van der Waals surface area contributed by atoms with E-state index in [0.29, 0.717) is 0 Å². The normalized spacial score (nSPS) is 16.3. The molecule has 0 spiro atoms. The smallest absolute Gasteiger partial charge is 0.116 e. The van der Waals surface area contributed by atoms with Gasteiger partial charge in [0.15, 0.2) is 0 Å². The maximum atomic E-state index is 4.51. The van der Waals surface area contributed by atoms with Crippen LogP contribution in [0.15, 0.2) is 61.1 Å². The van der Waals surface area contributed by atoms with E-state index in [1.165, 1.54) is 61.2 Å². The summed E-state index contributed by atoms with van der Waals surface area (Å²) >= 11 is 0. The highest BCUT2D eigenvalue weighted by atomic mass is 14.8. The number of rotatable bonds is 1. The molecule has 0 saturated carbocycles. The van der Waals surface area contributed by atoms with E-state index in [9.17, 15) is 0 Å². The number of nitrogens with zero attached hydrogens (tertiary/aromatic N) is 2. The second-order valence-corrected chi connectivity index (χ2v) is 10.5. The Bertz CT molecular complexity index is 1430. The molecule has 2 heteroatoms. The van der Waals surface area contributed by atoms with Crippen molar-refractivity contribution in [3.63, 3.8) is 0 Å². The van der Waals surface area contributed by atoms with Gasteiger partial charge in [0.1, 0.15) is 6.33 Å². The summed E-state index contributed by atoms with van der Waals surface area (Å²) in [6.07, 6.45) is 3.45. The minimum atomic E-state index is -0.0664. The van der Waals surface area contributed by atoms with Crippen LogP contribution in [0.2, 0.25) is 0 Å². The lowest BCUT2D eigenvalue weighted by atomic mass is 9.79. The van der Waals surface area contributed by atoms with Crippen LogP contribution in [0.1, 0.15) is 61.1 Å². The van der Waals surface area contributed by atoms with Crippen LogP contribution in [0.3, 0.4) is 0 Å². The fraction of sp³-hybridized carbons (Fsp3) is 0.267. The molecule has 1 aromatic heterocycles. The van der Waals surface area contributed by atoms with Gasteiger partial charge in [-0.2, -0.15) is 0 Å². The Morgan fingerprint density at radius 3 is 1.97 bits per heavy atom. The minimum absolute atomic E-state index is 0.00736. The van der Waals surface area contributed by atoms with E-state index in [1.807, 2.05) is 12.3 Å². The van der Waals surface area contributed by atoms with Crippen molar-refractivity contribution in [2.45, 2.75) is 52.4 Å². The van der Waals surface area contributed by atoms with Crippen LogP contribution in [-0.2, 0) is 10.8 Å². The summed E-state index contributed by atoms with van der Waals surface area (Å²) in [5.41, 5.74) is 16.1. The molecule has 0 fully saturated rings. The summed E-state index contributed by atoms with van der Waals surface area (Å²) in [6, 6.07) is 18.4. The van der Waals surface area contributed by atoms with Gasteiger partial charge in [-0.05, 0) is 99.8 Å². The quantitative estimate of drug-likeness (QED) is 0.324. The summed E-state index contributed by atoms with van der Waals surface area (Å²) in [7, 11) is 0. The Labute approximate surface area is 190 Å². The number of aryl methyl sites for hydroxylation is 2. The Morgan fingerprint density at radius 1 is 0.656 bits per heavy atom. The second-order valence-electron chi connectivity index (χ2n) is 10.5. The van der Waals surface area contributed by atoms with Crippen molar-refractivity contribution < 1.29 is 0 Å². The molecule has 0 unspecified atom stereocenters. The van der Waals surface area contributed by atoms with Gasteiger partial charge in [0, 0.05) is 22.6 Å². The summed E-state index contributed by atoms with van der Waals surface area (Å²) < 4.78 is 0. The molecule has 0 radical (unpaired) electrons.